The van der Waals surface area contributed by atoms with E-state index in [2.05, 4.69) is 56.5 Å². The van der Waals surface area contributed by atoms with Gasteiger partial charge in [-0.25, -0.2) is 9.97 Å². The Balaban J connectivity index is 1.48. The van der Waals surface area contributed by atoms with E-state index < -0.39 is 0 Å². The van der Waals surface area contributed by atoms with Gasteiger partial charge in [0.2, 0.25) is 0 Å². The van der Waals surface area contributed by atoms with Gasteiger partial charge in [-0.2, -0.15) is 0 Å². The van der Waals surface area contributed by atoms with Crippen LogP contribution in [0.3, 0.4) is 0 Å². The van der Waals surface area contributed by atoms with Crippen LogP contribution in [0.4, 0.5) is 5.82 Å². The van der Waals surface area contributed by atoms with Crippen molar-refractivity contribution >= 4 is 23.1 Å². The number of aromatic nitrogens is 2. The topological polar surface area (TPSA) is 65.4 Å². The molecule has 0 spiro atoms. The molecule has 1 aliphatic rings. The lowest BCUT2D eigenvalue weighted by atomic mass is 9.99. The van der Waals surface area contributed by atoms with Gasteiger partial charge in [-0.15, -0.1) is 11.3 Å². The van der Waals surface area contributed by atoms with Gasteiger partial charge in [0.15, 0.2) is 5.96 Å². The van der Waals surface area contributed by atoms with Gasteiger partial charge in [-0.3, -0.25) is 4.99 Å². The molecule has 146 valence electrons. The predicted octanol–water partition coefficient (Wildman–Crippen LogP) is 3.26. The number of nitrogens with zero attached hydrogens (tertiary/aromatic N) is 4. The fourth-order valence-corrected chi connectivity index (χ4v) is 4.00. The Labute approximate surface area is 166 Å². The van der Waals surface area contributed by atoms with Crippen molar-refractivity contribution in [1.82, 2.24) is 20.6 Å². The SMILES string of the molecule is CN=C(NCc1ccc(N2CCC(C)CC2)nc1)NCc1nc(C)c(C)s1. The van der Waals surface area contributed by atoms with E-state index in [0.29, 0.717) is 13.1 Å². The van der Waals surface area contributed by atoms with Gasteiger partial charge in [-0.05, 0) is 44.2 Å². The average Bonchev–Trinajstić information content (AvgIpc) is 3.01. The maximum absolute atomic E-state index is 4.65. The van der Waals surface area contributed by atoms with Crippen LogP contribution in [-0.4, -0.2) is 36.1 Å². The number of piperidine rings is 1. The molecule has 0 bridgehead atoms. The van der Waals surface area contributed by atoms with Gasteiger partial charge in [0, 0.05) is 37.8 Å². The molecular weight excluding hydrogens is 356 g/mol. The molecular formula is C20H30N6S. The highest BCUT2D eigenvalue weighted by Crippen LogP contribution is 2.21. The molecule has 1 saturated heterocycles. The number of aliphatic imine (C=N–C) groups is 1. The highest BCUT2D eigenvalue weighted by Gasteiger charge is 2.16. The summed E-state index contributed by atoms with van der Waals surface area (Å²) in [6.07, 6.45) is 4.47. The fourth-order valence-electron chi connectivity index (χ4n) is 3.13. The maximum Gasteiger partial charge on any atom is 0.191 e. The zero-order valence-electron chi connectivity index (χ0n) is 16.7. The van der Waals surface area contributed by atoms with Gasteiger partial charge < -0.3 is 15.5 Å². The third-order valence-electron chi connectivity index (χ3n) is 5.08. The first-order valence-electron chi connectivity index (χ1n) is 9.62. The molecule has 2 aromatic heterocycles. The molecule has 0 amide bonds. The molecule has 1 fully saturated rings. The van der Waals surface area contributed by atoms with Crippen molar-refractivity contribution in [1.29, 1.82) is 0 Å². The molecule has 0 aromatic carbocycles. The summed E-state index contributed by atoms with van der Waals surface area (Å²) in [5, 5.41) is 7.74. The number of hydrogen-bond acceptors (Lipinski definition) is 5. The average molecular weight is 387 g/mol. The fraction of sp³-hybridized carbons (Fsp3) is 0.550. The van der Waals surface area contributed by atoms with Gasteiger partial charge in [-0.1, -0.05) is 13.0 Å². The number of guanidine groups is 1. The van der Waals surface area contributed by atoms with E-state index in [1.807, 2.05) is 13.1 Å². The van der Waals surface area contributed by atoms with Crippen molar-refractivity contribution < 1.29 is 0 Å². The number of pyridine rings is 1. The molecule has 0 unspecified atom stereocenters. The molecule has 6 nitrogen and oxygen atoms in total. The number of thiazole rings is 1. The Morgan fingerprint density at radius 1 is 1.22 bits per heavy atom. The largest absolute Gasteiger partial charge is 0.357 e. The zero-order chi connectivity index (χ0) is 19.2. The smallest absolute Gasteiger partial charge is 0.191 e. The molecule has 0 radical (unpaired) electrons. The monoisotopic (exact) mass is 386 g/mol. The Morgan fingerprint density at radius 3 is 2.56 bits per heavy atom. The standard InChI is InChI=1S/C20H30N6S/c1-14-7-9-26(10-8-14)18-6-5-17(11-22-18)12-23-20(21-4)24-13-19-25-15(2)16(3)27-19/h5-6,11,14H,7-10,12-13H2,1-4H3,(H2,21,23,24). The van der Waals surface area contributed by atoms with E-state index in [1.54, 1.807) is 18.4 Å². The van der Waals surface area contributed by atoms with Gasteiger partial charge in [0.25, 0.3) is 0 Å². The van der Waals surface area contributed by atoms with E-state index in [0.717, 1.165) is 47.0 Å². The molecule has 0 atom stereocenters. The Kier molecular flexibility index (Phi) is 6.66. The first-order valence-corrected chi connectivity index (χ1v) is 10.4. The van der Waals surface area contributed by atoms with Gasteiger partial charge >= 0.3 is 0 Å². The van der Waals surface area contributed by atoms with Crippen LogP contribution in [0.25, 0.3) is 0 Å². The number of aryl methyl sites for hydroxylation is 2. The highest BCUT2D eigenvalue weighted by atomic mass is 32.1. The van der Waals surface area contributed by atoms with Gasteiger partial charge in [0.05, 0.1) is 12.2 Å². The molecule has 3 rings (SSSR count). The second kappa shape index (κ2) is 9.17. The van der Waals surface area contributed by atoms with Crippen LogP contribution in [0, 0.1) is 19.8 Å². The summed E-state index contributed by atoms with van der Waals surface area (Å²) in [6.45, 7) is 10.1. The molecule has 27 heavy (non-hydrogen) atoms. The molecule has 7 heteroatoms. The van der Waals surface area contributed by atoms with Crippen molar-refractivity contribution in [2.45, 2.75) is 46.7 Å². The van der Waals surface area contributed by atoms with Crippen molar-refractivity contribution in [2.24, 2.45) is 10.9 Å². The van der Waals surface area contributed by atoms with E-state index in [1.165, 1.54) is 17.7 Å². The Hall–Kier alpha value is -2.15. The van der Waals surface area contributed by atoms with Crippen molar-refractivity contribution in [3.8, 4) is 0 Å². The minimum absolute atomic E-state index is 0.684. The van der Waals surface area contributed by atoms with Crippen LogP contribution in [-0.2, 0) is 13.1 Å². The second-order valence-corrected chi connectivity index (χ2v) is 8.51. The quantitative estimate of drug-likeness (QED) is 0.610. The lowest BCUT2D eigenvalue weighted by molar-refractivity contribution is 0.436. The Bertz CT molecular complexity index is 740. The lowest BCUT2D eigenvalue weighted by Crippen LogP contribution is -2.36. The molecule has 3 heterocycles. The van der Waals surface area contributed by atoms with Crippen LogP contribution in [0.2, 0.25) is 0 Å². The third-order valence-corrected chi connectivity index (χ3v) is 6.15. The first kappa shape index (κ1) is 19.6. The third kappa shape index (κ3) is 5.42. The normalized spacial score (nSPS) is 15.9. The van der Waals surface area contributed by atoms with E-state index in [4.69, 9.17) is 0 Å². The number of rotatable bonds is 5. The predicted molar refractivity (Wildman–Crippen MR) is 113 cm³/mol. The van der Waals surface area contributed by atoms with Crippen LogP contribution >= 0.6 is 11.3 Å². The van der Waals surface area contributed by atoms with Crippen molar-refractivity contribution in [3.05, 3.63) is 39.5 Å². The van der Waals surface area contributed by atoms with E-state index in [9.17, 15) is 0 Å². The molecule has 1 aliphatic heterocycles. The zero-order valence-corrected chi connectivity index (χ0v) is 17.6. The van der Waals surface area contributed by atoms with Crippen LogP contribution in [0.1, 0.15) is 40.9 Å². The number of anilines is 1. The number of nitrogens with one attached hydrogen (secondary N) is 2. The summed E-state index contributed by atoms with van der Waals surface area (Å²) < 4.78 is 0. The summed E-state index contributed by atoms with van der Waals surface area (Å²) in [7, 11) is 1.78. The summed E-state index contributed by atoms with van der Waals surface area (Å²) >= 11 is 1.73. The summed E-state index contributed by atoms with van der Waals surface area (Å²) in [5.74, 6) is 2.69. The lowest BCUT2D eigenvalue weighted by Gasteiger charge is -2.31. The minimum atomic E-state index is 0.684. The van der Waals surface area contributed by atoms with Gasteiger partial charge in [0.1, 0.15) is 10.8 Å². The highest BCUT2D eigenvalue weighted by molar-refractivity contribution is 7.11. The maximum atomic E-state index is 4.65. The summed E-state index contributed by atoms with van der Waals surface area (Å²) in [5.41, 5.74) is 2.25. The minimum Gasteiger partial charge on any atom is -0.357 e. The van der Waals surface area contributed by atoms with Crippen LogP contribution < -0.4 is 15.5 Å². The molecule has 2 aromatic rings. The second-order valence-electron chi connectivity index (χ2n) is 7.22. The summed E-state index contributed by atoms with van der Waals surface area (Å²) in [4.78, 5) is 17.1. The first-order chi connectivity index (χ1) is 13.0. The molecule has 2 N–H and O–H groups in total. The molecule has 0 aliphatic carbocycles. The van der Waals surface area contributed by atoms with Crippen LogP contribution in [0.15, 0.2) is 23.3 Å². The van der Waals surface area contributed by atoms with Crippen LogP contribution in [0.5, 0.6) is 0 Å². The molecule has 0 saturated carbocycles. The summed E-state index contributed by atoms with van der Waals surface area (Å²) in [6, 6.07) is 4.28. The van der Waals surface area contributed by atoms with E-state index >= 15 is 0 Å². The van der Waals surface area contributed by atoms with Crippen molar-refractivity contribution in [3.63, 3.8) is 0 Å². The van der Waals surface area contributed by atoms with Crippen molar-refractivity contribution in [2.75, 3.05) is 25.0 Å². The van der Waals surface area contributed by atoms with E-state index in [-0.39, 0.29) is 0 Å². The number of hydrogen-bond donors (Lipinski definition) is 2. The Morgan fingerprint density at radius 2 is 1.96 bits per heavy atom.